The van der Waals surface area contributed by atoms with Crippen LogP contribution in [-0.4, -0.2) is 30.8 Å². The number of rotatable bonds is 2. The molecule has 2 unspecified atom stereocenters. The van der Waals surface area contributed by atoms with E-state index in [1.807, 2.05) is 16.6 Å². The first kappa shape index (κ1) is 12.8. The lowest BCUT2D eigenvalue weighted by Gasteiger charge is -2.26. The van der Waals surface area contributed by atoms with Gasteiger partial charge in [-0.3, -0.25) is 4.98 Å². The van der Waals surface area contributed by atoms with Gasteiger partial charge in [-0.25, -0.2) is 0 Å². The first-order valence-electron chi connectivity index (χ1n) is 7.21. The van der Waals surface area contributed by atoms with Crippen molar-refractivity contribution >= 4 is 16.3 Å². The molecule has 1 aliphatic carbocycles. The Balaban J connectivity index is 1.76. The number of hydrogen-bond donors (Lipinski definition) is 1. The quantitative estimate of drug-likeness (QED) is 0.785. The molecule has 0 bridgehead atoms. The number of nitrogens with two attached hydrogens (primary N) is 1. The van der Waals surface area contributed by atoms with E-state index in [1.165, 1.54) is 12.8 Å². The van der Waals surface area contributed by atoms with Gasteiger partial charge in [0.1, 0.15) is 5.01 Å². The largest absolute Gasteiger partial charge is 0.327 e. The monoisotopic (exact) mass is 300 g/mol. The lowest BCUT2D eigenvalue weighted by Crippen LogP contribution is -2.31. The molecule has 0 saturated heterocycles. The molecule has 3 aromatic heterocycles. The standard InChI is InChI=1S/C14H16N6S/c15-11-6-2-1-5-10(11)13-19-20-12(17-18-14(20)21-13)9-4-3-7-16-8-9/h3-4,7-8,10-11H,1-2,5-6,15H2. The summed E-state index contributed by atoms with van der Waals surface area (Å²) in [5.41, 5.74) is 7.19. The molecule has 2 atom stereocenters. The highest BCUT2D eigenvalue weighted by Gasteiger charge is 2.27. The van der Waals surface area contributed by atoms with E-state index in [2.05, 4.69) is 15.2 Å². The average molecular weight is 300 g/mol. The second-order valence-electron chi connectivity index (χ2n) is 5.45. The Bertz CT molecular complexity index is 749. The molecule has 6 nitrogen and oxygen atoms in total. The summed E-state index contributed by atoms with van der Waals surface area (Å²) in [5.74, 6) is 1.09. The maximum Gasteiger partial charge on any atom is 0.234 e. The van der Waals surface area contributed by atoms with Gasteiger partial charge < -0.3 is 5.73 Å². The van der Waals surface area contributed by atoms with Crippen LogP contribution >= 0.6 is 11.3 Å². The Morgan fingerprint density at radius 2 is 2.14 bits per heavy atom. The van der Waals surface area contributed by atoms with Gasteiger partial charge in [-0.05, 0) is 25.0 Å². The molecule has 0 aliphatic heterocycles. The summed E-state index contributed by atoms with van der Waals surface area (Å²) >= 11 is 1.60. The molecular weight excluding hydrogens is 284 g/mol. The number of fused-ring (bicyclic) bond motifs is 1. The lowest BCUT2D eigenvalue weighted by atomic mass is 9.86. The van der Waals surface area contributed by atoms with Crippen molar-refractivity contribution in [2.24, 2.45) is 5.73 Å². The molecule has 7 heteroatoms. The number of nitrogens with zero attached hydrogens (tertiary/aromatic N) is 5. The van der Waals surface area contributed by atoms with Crippen molar-refractivity contribution in [3.63, 3.8) is 0 Å². The second-order valence-corrected chi connectivity index (χ2v) is 6.44. The topological polar surface area (TPSA) is 82.0 Å². The van der Waals surface area contributed by atoms with E-state index in [1.54, 1.807) is 23.7 Å². The van der Waals surface area contributed by atoms with Crippen molar-refractivity contribution in [1.29, 1.82) is 0 Å². The van der Waals surface area contributed by atoms with Crippen molar-refractivity contribution in [3.8, 4) is 11.4 Å². The Morgan fingerprint density at radius 1 is 1.24 bits per heavy atom. The van der Waals surface area contributed by atoms with E-state index in [-0.39, 0.29) is 6.04 Å². The van der Waals surface area contributed by atoms with Crippen molar-refractivity contribution in [3.05, 3.63) is 29.5 Å². The van der Waals surface area contributed by atoms with E-state index >= 15 is 0 Å². The molecule has 0 aromatic carbocycles. The highest BCUT2D eigenvalue weighted by Crippen LogP contribution is 2.34. The van der Waals surface area contributed by atoms with Gasteiger partial charge in [-0.2, -0.15) is 9.61 Å². The van der Waals surface area contributed by atoms with Crippen molar-refractivity contribution < 1.29 is 0 Å². The highest BCUT2D eigenvalue weighted by atomic mass is 32.1. The maximum atomic E-state index is 6.26. The molecule has 1 saturated carbocycles. The van der Waals surface area contributed by atoms with Crippen LogP contribution < -0.4 is 5.73 Å². The van der Waals surface area contributed by atoms with Crippen LogP contribution in [0.25, 0.3) is 16.3 Å². The van der Waals surface area contributed by atoms with Crippen LogP contribution in [0.2, 0.25) is 0 Å². The van der Waals surface area contributed by atoms with E-state index in [0.29, 0.717) is 5.92 Å². The number of pyridine rings is 1. The molecular formula is C14H16N6S. The molecule has 21 heavy (non-hydrogen) atoms. The SMILES string of the molecule is NC1CCCCC1c1nn2c(-c3cccnc3)nnc2s1. The van der Waals surface area contributed by atoms with E-state index in [0.717, 1.165) is 34.2 Å². The van der Waals surface area contributed by atoms with Gasteiger partial charge in [0.05, 0.1) is 0 Å². The molecule has 0 spiro atoms. The summed E-state index contributed by atoms with van der Waals surface area (Å²) in [5, 5.41) is 14.3. The number of hydrogen-bond acceptors (Lipinski definition) is 6. The van der Waals surface area contributed by atoms with Gasteiger partial charge in [0, 0.05) is 29.9 Å². The van der Waals surface area contributed by atoms with Gasteiger partial charge in [0.15, 0.2) is 5.82 Å². The fourth-order valence-corrected chi connectivity index (χ4v) is 3.97. The molecule has 4 rings (SSSR count). The van der Waals surface area contributed by atoms with E-state index < -0.39 is 0 Å². The van der Waals surface area contributed by atoms with Gasteiger partial charge >= 0.3 is 0 Å². The maximum absolute atomic E-state index is 6.26. The second kappa shape index (κ2) is 5.16. The zero-order valence-corrected chi connectivity index (χ0v) is 12.3. The van der Waals surface area contributed by atoms with Crippen molar-refractivity contribution in [2.45, 2.75) is 37.6 Å². The average Bonchev–Trinajstić information content (AvgIpc) is 3.08. The molecule has 108 valence electrons. The van der Waals surface area contributed by atoms with Crippen LogP contribution in [0.15, 0.2) is 24.5 Å². The summed E-state index contributed by atoms with van der Waals surface area (Å²) in [4.78, 5) is 4.95. The minimum Gasteiger partial charge on any atom is -0.327 e. The summed E-state index contributed by atoms with van der Waals surface area (Å²) in [6, 6.07) is 4.07. The Kier molecular flexibility index (Phi) is 3.16. The number of aromatic nitrogens is 5. The van der Waals surface area contributed by atoms with Crippen LogP contribution in [0.3, 0.4) is 0 Å². The third-order valence-electron chi connectivity index (χ3n) is 4.06. The Morgan fingerprint density at radius 3 is 2.95 bits per heavy atom. The first-order chi connectivity index (χ1) is 10.3. The van der Waals surface area contributed by atoms with Crippen molar-refractivity contribution in [2.75, 3.05) is 0 Å². The summed E-state index contributed by atoms with van der Waals surface area (Å²) < 4.78 is 1.82. The van der Waals surface area contributed by atoms with Gasteiger partial charge in [0.2, 0.25) is 4.96 Å². The van der Waals surface area contributed by atoms with Gasteiger partial charge in [0.25, 0.3) is 0 Å². The minimum atomic E-state index is 0.212. The van der Waals surface area contributed by atoms with Gasteiger partial charge in [-0.15, -0.1) is 10.2 Å². The highest BCUT2D eigenvalue weighted by molar-refractivity contribution is 7.16. The smallest absolute Gasteiger partial charge is 0.234 e. The summed E-state index contributed by atoms with van der Waals surface area (Å²) in [6.45, 7) is 0. The zero-order valence-electron chi connectivity index (χ0n) is 11.5. The van der Waals surface area contributed by atoms with E-state index in [4.69, 9.17) is 10.8 Å². The predicted molar refractivity (Wildman–Crippen MR) is 81.1 cm³/mol. The van der Waals surface area contributed by atoms with Gasteiger partial charge in [-0.1, -0.05) is 24.2 Å². The predicted octanol–water partition coefficient (Wildman–Crippen LogP) is 2.23. The fraction of sp³-hybridized carbons (Fsp3) is 0.429. The lowest BCUT2D eigenvalue weighted by molar-refractivity contribution is 0.382. The van der Waals surface area contributed by atoms with Crippen molar-refractivity contribution in [1.82, 2.24) is 24.8 Å². The molecule has 0 radical (unpaired) electrons. The van der Waals surface area contributed by atoms with Crippen LogP contribution in [0.5, 0.6) is 0 Å². The zero-order chi connectivity index (χ0) is 14.2. The third-order valence-corrected chi connectivity index (χ3v) is 5.09. The molecule has 1 aliphatic rings. The van der Waals surface area contributed by atoms with Crippen LogP contribution in [0, 0.1) is 0 Å². The Hall–Kier alpha value is -1.86. The van der Waals surface area contributed by atoms with E-state index in [9.17, 15) is 0 Å². The van der Waals surface area contributed by atoms with Crippen LogP contribution in [0.4, 0.5) is 0 Å². The normalized spacial score (nSPS) is 22.7. The molecule has 3 aromatic rings. The first-order valence-corrected chi connectivity index (χ1v) is 8.03. The summed E-state index contributed by atoms with van der Waals surface area (Å²) in [6.07, 6.45) is 8.18. The minimum absolute atomic E-state index is 0.212. The summed E-state index contributed by atoms with van der Waals surface area (Å²) in [7, 11) is 0. The third kappa shape index (κ3) is 2.22. The molecule has 2 N–H and O–H groups in total. The molecule has 1 fully saturated rings. The fourth-order valence-electron chi connectivity index (χ4n) is 2.92. The Labute approximate surface area is 126 Å². The van der Waals surface area contributed by atoms with Crippen LogP contribution in [0.1, 0.15) is 36.6 Å². The molecule has 0 amide bonds. The molecule has 3 heterocycles. The van der Waals surface area contributed by atoms with Crippen LogP contribution in [-0.2, 0) is 0 Å².